The van der Waals surface area contributed by atoms with Gasteiger partial charge in [-0.25, -0.2) is 9.18 Å². The SMILES string of the molecule is CCC1(CC)CN(c2cc3c(cc2F)c(=O)c(C(=O)O)cn3C2CC2)C[C@H]1N. The number of fused-ring (bicyclic) bond motifs is 1. The highest BCUT2D eigenvalue weighted by atomic mass is 19.1. The molecule has 2 heterocycles. The van der Waals surface area contributed by atoms with Gasteiger partial charge >= 0.3 is 5.97 Å². The number of hydrogen-bond donors (Lipinski definition) is 2. The second-order valence-corrected chi connectivity index (χ2v) is 8.19. The van der Waals surface area contributed by atoms with Crippen molar-refractivity contribution in [3.8, 4) is 0 Å². The van der Waals surface area contributed by atoms with Gasteiger partial charge in [0, 0.05) is 42.2 Å². The molecule has 28 heavy (non-hydrogen) atoms. The fourth-order valence-corrected chi connectivity index (χ4v) is 4.58. The van der Waals surface area contributed by atoms with E-state index in [0.717, 1.165) is 25.7 Å². The van der Waals surface area contributed by atoms with E-state index in [1.807, 2.05) is 9.47 Å². The fraction of sp³-hybridized carbons (Fsp3) is 0.524. The molecule has 0 amide bonds. The summed E-state index contributed by atoms with van der Waals surface area (Å²) in [6, 6.07) is 3.01. The first-order valence-corrected chi connectivity index (χ1v) is 9.93. The van der Waals surface area contributed by atoms with Crippen LogP contribution in [0.25, 0.3) is 10.9 Å². The van der Waals surface area contributed by atoms with E-state index >= 15 is 4.39 Å². The number of carbonyl (C=O) groups is 1. The van der Waals surface area contributed by atoms with Crippen molar-refractivity contribution in [3.05, 3.63) is 39.9 Å². The third kappa shape index (κ3) is 2.80. The Kier molecular flexibility index (Phi) is 4.45. The number of pyridine rings is 1. The summed E-state index contributed by atoms with van der Waals surface area (Å²) < 4.78 is 16.9. The molecule has 0 bridgehead atoms. The van der Waals surface area contributed by atoms with Gasteiger partial charge in [-0.1, -0.05) is 13.8 Å². The summed E-state index contributed by atoms with van der Waals surface area (Å²) in [7, 11) is 0. The van der Waals surface area contributed by atoms with Crippen molar-refractivity contribution < 1.29 is 14.3 Å². The van der Waals surface area contributed by atoms with Gasteiger partial charge in [0.25, 0.3) is 0 Å². The van der Waals surface area contributed by atoms with Gasteiger partial charge in [-0.2, -0.15) is 0 Å². The number of nitrogens with two attached hydrogens (primary N) is 1. The summed E-state index contributed by atoms with van der Waals surface area (Å²) in [6.45, 7) is 5.46. The van der Waals surface area contributed by atoms with Crippen molar-refractivity contribution in [2.45, 2.75) is 51.6 Å². The summed E-state index contributed by atoms with van der Waals surface area (Å²) in [5.74, 6) is -1.79. The maximum Gasteiger partial charge on any atom is 0.341 e. The van der Waals surface area contributed by atoms with Crippen molar-refractivity contribution in [3.63, 3.8) is 0 Å². The Hall–Kier alpha value is -2.41. The van der Waals surface area contributed by atoms with E-state index in [4.69, 9.17) is 5.73 Å². The van der Waals surface area contributed by atoms with Gasteiger partial charge < -0.3 is 20.3 Å². The van der Waals surface area contributed by atoms with Crippen LogP contribution in [0.2, 0.25) is 0 Å². The van der Waals surface area contributed by atoms with Crippen molar-refractivity contribution >= 4 is 22.6 Å². The highest BCUT2D eigenvalue weighted by Crippen LogP contribution is 2.41. The molecule has 0 unspecified atom stereocenters. The molecule has 0 spiro atoms. The van der Waals surface area contributed by atoms with Crippen LogP contribution in [0, 0.1) is 11.2 Å². The molecule has 2 aliphatic rings. The normalized spacial score (nSPS) is 21.4. The molecule has 150 valence electrons. The molecule has 7 heteroatoms. The first-order chi connectivity index (χ1) is 13.3. The topological polar surface area (TPSA) is 88.6 Å². The molecule has 1 saturated heterocycles. The van der Waals surface area contributed by atoms with Gasteiger partial charge in [-0.15, -0.1) is 0 Å². The van der Waals surface area contributed by atoms with Crippen LogP contribution >= 0.6 is 0 Å². The van der Waals surface area contributed by atoms with Crippen LogP contribution in [0.15, 0.2) is 23.1 Å². The summed E-state index contributed by atoms with van der Waals surface area (Å²) in [6.07, 6.45) is 5.10. The third-order valence-electron chi connectivity index (χ3n) is 6.73. The molecule has 0 radical (unpaired) electrons. The smallest absolute Gasteiger partial charge is 0.341 e. The molecule has 1 aromatic heterocycles. The van der Waals surface area contributed by atoms with E-state index in [1.165, 1.54) is 12.3 Å². The Bertz CT molecular complexity index is 1010. The highest BCUT2D eigenvalue weighted by Gasteiger charge is 2.42. The van der Waals surface area contributed by atoms with Gasteiger partial charge in [0.2, 0.25) is 5.43 Å². The minimum absolute atomic E-state index is 0.0439. The lowest BCUT2D eigenvalue weighted by molar-refractivity contribution is 0.0695. The lowest BCUT2D eigenvalue weighted by Crippen LogP contribution is -2.39. The molecule has 1 saturated carbocycles. The van der Waals surface area contributed by atoms with Crippen molar-refractivity contribution in [2.24, 2.45) is 11.1 Å². The second kappa shape index (κ2) is 6.58. The lowest BCUT2D eigenvalue weighted by atomic mass is 9.78. The molecule has 1 aromatic carbocycles. The van der Waals surface area contributed by atoms with E-state index in [2.05, 4.69) is 13.8 Å². The predicted octanol–water partition coefficient (Wildman–Crippen LogP) is 3.13. The molecule has 4 rings (SSSR count). The molecular formula is C21H26FN3O3. The maximum absolute atomic E-state index is 15.0. The summed E-state index contributed by atoms with van der Waals surface area (Å²) in [5, 5.41) is 9.48. The zero-order valence-corrected chi connectivity index (χ0v) is 16.2. The Morgan fingerprint density at radius 3 is 2.54 bits per heavy atom. The number of rotatable bonds is 5. The molecular weight excluding hydrogens is 361 g/mol. The Labute approximate surface area is 162 Å². The van der Waals surface area contributed by atoms with E-state index in [0.29, 0.717) is 24.3 Å². The minimum atomic E-state index is -1.29. The Balaban J connectivity index is 1.87. The molecule has 2 fully saturated rings. The quantitative estimate of drug-likeness (QED) is 0.823. The predicted molar refractivity (Wildman–Crippen MR) is 107 cm³/mol. The van der Waals surface area contributed by atoms with Crippen LogP contribution in [-0.2, 0) is 0 Å². The molecule has 1 aliphatic heterocycles. The van der Waals surface area contributed by atoms with Gasteiger partial charge in [-0.05, 0) is 37.8 Å². The van der Waals surface area contributed by atoms with Crippen LogP contribution < -0.4 is 16.1 Å². The van der Waals surface area contributed by atoms with E-state index in [9.17, 15) is 14.7 Å². The van der Waals surface area contributed by atoms with Crippen LogP contribution in [0.4, 0.5) is 10.1 Å². The van der Waals surface area contributed by atoms with E-state index in [-0.39, 0.29) is 28.4 Å². The molecule has 1 atom stereocenters. The first kappa shape index (κ1) is 18.9. The molecule has 6 nitrogen and oxygen atoms in total. The average molecular weight is 387 g/mol. The average Bonchev–Trinajstić information content (AvgIpc) is 3.45. The lowest BCUT2D eigenvalue weighted by Gasteiger charge is -2.30. The van der Waals surface area contributed by atoms with Gasteiger partial charge in [0.15, 0.2) is 0 Å². The molecule has 3 N–H and O–H groups in total. The number of aromatic nitrogens is 1. The first-order valence-electron chi connectivity index (χ1n) is 9.93. The fourth-order valence-electron chi connectivity index (χ4n) is 4.58. The number of carboxylic acid groups (broad SMARTS) is 1. The number of nitrogens with zero attached hydrogens (tertiary/aromatic N) is 2. The van der Waals surface area contributed by atoms with Crippen LogP contribution in [-0.4, -0.2) is 34.8 Å². The van der Waals surface area contributed by atoms with Gasteiger partial charge in [-0.3, -0.25) is 4.79 Å². The number of anilines is 1. The number of hydrogen-bond acceptors (Lipinski definition) is 4. The summed E-state index contributed by atoms with van der Waals surface area (Å²) in [4.78, 5) is 26.0. The highest BCUT2D eigenvalue weighted by molar-refractivity contribution is 5.93. The van der Waals surface area contributed by atoms with Gasteiger partial charge in [0.05, 0.1) is 11.2 Å². The molecule has 1 aliphatic carbocycles. The van der Waals surface area contributed by atoms with Gasteiger partial charge in [0.1, 0.15) is 11.4 Å². The third-order valence-corrected chi connectivity index (χ3v) is 6.73. The zero-order valence-electron chi connectivity index (χ0n) is 16.2. The summed E-state index contributed by atoms with van der Waals surface area (Å²) in [5.41, 5.74) is 6.43. The van der Waals surface area contributed by atoms with Crippen LogP contribution in [0.1, 0.15) is 55.9 Å². The maximum atomic E-state index is 15.0. The van der Waals surface area contributed by atoms with Crippen molar-refractivity contribution in [2.75, 3.05) is 18.0 Å². The minimum Gasteiger partial charge on any atom is -0.477 e. The van der Waals surface area contributed by atoms with Crippen molar-refractivity contribution in [1.82, 2.24) is 4.57 Å². The van der Waals surface area contributed by atoms with Crippen LogP contribution in [0.3, 0.4) is 0 Å². The number of carboxylic acids is 1. The van der Waals surface area contributed by atoms with E-state index < -0.39 is 17.2 Å². The second-order valence-electron chi connectivity index (χ2n) is 8.19. The van der Waals surface area contributed by atoms with Crippen LogP contribution in [0.5, 0.6) is 0 Å². The Morgan fingerprint density at radius 1 is 1.32 bits per heavy atom. The number of benzene rings is 1. The largest absolute Gasteiger partial charge is 0.477 e. The Morgan fingerprint density at radius 2 is 2.00 bits per heavy atom. The monoisotopic (exact) mass is 387 g/mol. The zero-order chi connectivity index (χ0) is 20.2. The van der Waals surface area contributed by atoms with E-state index in [1.54, 1.807) is 6.07 Å². The molecule has 2 aromatic rings. The summed E-state index contributed by atoms with van der Waals surface area (Å²) >= 11 is 0. The standard InChI is InChI=1S/C21H26FN3O3/c1-3-21(4-2)11-24(10-18(21)23)17-8-16-13(7-15(17)22)19(26)14(20(27)28)9-25(16)12-5-6-12/h7-9,12,18H,3-6,10-11,23H2,1-2H3,(H,27,28)/t18-/m1/s1. The number of halogens is 1. The number of aromatic carboxylic acids is 1. The van der Waals surface area contributed by atoms with Crippen molar-refractivity contribution in [1.29, 1.82) is 0 Å².